The monoisotopic (exact) mass is 258 g/mol. The molecule has 0 bridgehead atoms. The quantitative estimate of drug-likeness (QED) is 0.715. The Morgan fingerprint density at radius 2 is 2.22 bits per heavy atom. The Kier molecular flexibility index (Phi) is 7.82. The molecule has 1 aliphatic heterocycles. The van der Waals surface area contributed by atoms with Gasteiger partial charge in [-0.25, -0.2) is 0 Å². The fourth-order valence-electron chi connectivity index (χ4n) is 2.32. The van der Waals surface area contributed by atoms with Gasteiger partial charge in [0.05, 0.1) is 19.3 Å². The van der Waals surface area contributed by atoms with Crippen molar-refractivity contribution in [3.63, 3.8) is 0 Å². The lowest BCUT2D eigenvalue weighted by Crippen LogP contribution is -2.55. The topological polar surface area (TPSA) is 33.7 Å². The van der Waals surface area contributed by atoms with Gasteiger partial charge < -0.3 is 14.8 Å². The van der Waals surface area contributed by atoms with Crippen LogP contribution >= 0.6 is 0 Å². The van der Waals surface area contributed by atoms with E-state index in [1.807, 2.05) is 0 Å². The summed E-state index contributed by atoms with van der Waals surface area (Å²) in [4.78, 5) is 2.37. The second-order valence-electron chi connectivity index (χ2n) is 5.39. The Bertz CT molecular complexity index is 212. The molecule has 0 saturated carbocycles. The first-order valence-electron chi connectivity index (χ1n) is 7.28. The Labute approximate surface area is 112 Å². The molecule has 0 spiro atoms. The van der Waals surface area contributed by atoms with Crippen molar-refractivity contribution in [2.75, 3.05) is 40.0 Å². The van der Waals surface area contributed by atoms with Gasteiger partial charge in [-0.1, -0.05) is 6.92 Å². The van der Waals surface area contributed by atoms with Gasteiger partial charge in [-0.05, 0) is 40.3 Å². The van der Waals surface area contributed by atoms with Crippen LogP contribution in [0.3, 0.4) is 0 Å². The van der Waals surface area contributed by atoms with Crippen molar-refractivity contribution in [2.45, 2.75) is 51.8 Å². The van der Waals surface area contributed by atoms with E-state index in [4.69, 9.17) is 9.47 Å². The minimum Gasteiger partial charge on any atom is -0.380 e. The van der Waals surface area contributed by atoms with Crippen LogP contribution in [-0.4, -0.2) is 63.0 Å². The maximum Gasteiger partial charge on any atom is 0.0636 e. The van der Waals surface area contributed by atoms with Gasteiger partial charge in [0.2, 0.25) is 0 Å². The van der Waals surface area contributed by atoms with Crippen LogP contribution in [0, 0.1) is 0 Å². The number of nitrogens with one attached hydrogen (secondary N) is 1. The first-order chi connectivity index (χ1) is 8.65. The summed E-state index contributed by atoms with van der Waals surface area (Å²) in [5, 5.41) is 3.64. The Balaban J connectivity index is 2.34. The van der Waals surface area contributed by atoms with E-state index in [9.17, 15) is 0 Å². The summed E-state index contributed by atoms with van der Waals surface area (Å²) in [5.41, 5.74) is 0. The molecule has 4 nitrogen and oxygen atoms in total. The molecule has 0 amide bonds. The van der Waals surface area contributed by atoms with Crippen LogP contribution in [0.15, 0.2) is 0 Å². The van der Waals surface area contributed by atoms with Gasteiger partial charge in [-0.3, -0.25) is 4.90 Å². The van der Waals surface area contributed by atoms with Gasteiger partial charge in [0.15, 0.2) is 0 Å². The minimum atomic E-state index is 0.315. The molecule has 2 unspecified atom stereocenters. The first kappa shape index (κ1) is 15.9. The first-order valence-corrected chi connectivity index (χ1v) is 7.28. The SMILES string of the molecule is CCCNC1CCOCC1N(C)CCOC(C)C. The highest BCUT2D eigenvalue weighted by Gasteiger charge is 2.28. The van der Waals surface area contributed by atoms with Crippen molar-refractivity contribution in [3.05, 3.63) is 0 Å². The summed E-state index contributed by atoms with van der Waals surface area (Å²) in [7, 11) is 2.17. The summed E-state index contributed by atoms with van der Waals surface area (Å²) in [6, 6.07) is 1.03. The molecular weight excluding hydrogens is 228 g/mol. The van der Waals surface area contributed by atoms with Gasteiger partial charge in [0.25, 0.3) is 0 Å². The van der Waals surface area contributed by atoms with E-state index in [2.05, 4.69) is 38.0 Å². The molecule has 1 heterocycles. The summed E-state index contributed by atoms with van der Waals surface area (Å²) < 4.78 is 11.2. The van der Waals surface area contributed by atoms with E-state index in [1.165, 1.54) is 6.42 Å². The molecule has 18 heavy (non-hydrogen) atoms. The highest BCUT2D eigenvalue weighted by molar-refractivity contribution is 4.86. The average molecular weight is 258 g/mol. The second kappa shape index (κ2) is 8.86. The Morgan fingerprint density at radius 3 is 2.89 bits per heavy atom. The third-order valence-electron chi connectivity index (χ3n) is 3.44. The number of hydrogen-bond acceptors (Lipinski definition) is 4. The van der Waals surface area contributed by atoms with Gasteiger partial charge in [0.1, 0.15) is 0 Å². The fraction of sp³-hybridized carbons (Fsp3) is 1.00. The van der Waals surface area contributed by atoms with Crippen LogP contribution in [0.4, 0.5) is 0 Å². The van der Waals surface area contributed by atoms with Crippen molar-refractivity contribution >= 4 is 0 Å². The number of nitrogens with zero attached hydrogens (tertiary/aromatic N) is 1. The number of likely N-dealkylation sites (N-methyl/N-ethyl adjacent to an activating group) is 1. The third kappa shape index (κ3) is 5.65. The summed E-state index contributed by atoms with van der Waals surface area (Å²) in [6.45, 7) is 10.9. The van der Waals surface area contributed by atoms with Crippen molar-refractivity contribution in [2.24, 2.45) is 0 Å². The van der Waals surface area contributed by atoms with E-state index in [-0.39, 0.29) is 0 Å². The molecule has 4 heteroatoms. The molecular formula is C14H30N2O2. The van der Waals surface area contributed by atoms with E-state index in [0.29, 0.717) is 18.2 Å². The van der Waals surface area contributed by atoms with Gasteiger partial charge in [-0.15, -0.1) is 0 Å². The van der Waals surface area contributed by atoms with Crippen LogP contribution in [0.1, 0.15) is 33.6 Å². The molecule has 1 N–H and O–H groups in total. The minimum absolute atomic E-state index is 0.315. The van der Waals surface area contributed by atoms with Crippen molar-refractivity contribution < 1.29 is 9.47 Å². The lowest BCUT2D eigenvalue weighted by molar-refractivity contribution is -0.00917. The molecule has 0 aromatic rings. The van der Waals surface area contributed by atoms with E-state index < -0.39 is 0 Å². The van der Waals surface area contributed by atoms with Crippen LogP contribution in [-0.2, 0) is 9.47 Å². The number of hydrogen-bond donors (Lipinski definition) is 1. The largest absolute Gasteiger partial charge is 0.380 e. The molecule has 2 atom stereocenters. The van der Waals surface area contributed by atoms with Crippen LogP contribution in [0.25, 0.3) is 0 Å². The Morgan fingerprint density at radius 1 is 1.44 bits per heavy atom. The predicted octanol–water partition coefficient (Wildman–Crippen LogP) is 1.50. The van der Waals surface area contributed by atoms with Crippen molar-refractivity contribution in [1.29, 1.82) is 0 Å². The molecule has 1 fully saturated rings. The normalized spacial score (nSPS) is 25.0. The molecule has 1 rings (SSSR count). The summed E-state index contributed by atoms with van der Waals surface area (Å²) >= 11 is 0. The lowest BCUT2D eigenvalue weighted by atomic mass is 10.0. The predicted molar refractivity (Wildman–Crippen MR) is 75.0 cm³/mol. The summed E-state index contributed by atoms with van der Waals surface area (Å²) in [6.07, 6.45) is 2.61. The third-order valence-corrected chi connectivity index (χ3v) is 3.44. The van der Waals surface area contributed by atoms with Crippen LogP contribution in [0.5, 0.6) is 0 Å². The smallest absolute Gasteiger partial charge is 0.0636 e. The van der Waals surface area contributed by atoms with Crippen molar-refractivity contribution in [3.8, 4) is 0 Å². The van der Waals surface area contributed by atoms with Gasteiger partial charge in [-0.2, -0.15) is 0 Å². The van der Waals surface area contributed by atoms with E-state index >= 15 is 0 Å². The lowest BCUT2D eigenvalue weighted by Gasteiger charge is -2.38. The molecule has 0 aliphatic carbocycles. The molecule has 0 aromatic heterocycles. The Hall–Kier alpha value is -0.160. The zero-order chi connectivity index (χ0) is 13.4. The molecule has 1 saturated heterocycles. The zero-order valence-corrected chi connectivity index (χ0v) is 12.4. The molecule has 108 valence electrons. The summed E-state index contributed by atoms with van der Waals surface area (Å²) in [5.74, 6) is 0. The van der Waals surface area contributed by atoms with E-state index in [1.54, 1.807) is 0 Å². The van der Waals surface area contributed by atoms with Gasteiger partial charge in [0, 0.05) is 25.2 Å². The highest BCUT2D eigenvalue weighted by Crippen LogP contribution is 2.13. The zero-order valence-electron chi connectivity index (χ0n) is 12.4. The second-order valence-corrected chi connectivity index (χ2v) is 5.39. The van der Waals surface area contributed by atoms with Crippen molar-refractivity contribution in [1.82, 2.24) is 10.2 Å². The molecule has 0 aromatic carbocycles. The number of rotatable bonds is 8. The highest BCUT2D eigenvalue weighted by atomic mass is 16.5. The maximum absolute atomic E-state index is 5.62. The molecule has 1 aliphatic rings. The standard InChI is InChI=1S/C14H30N2O2/c1-5-7-15-13-6-9-17-11-14(13)16(4)8-10-18-12(2)3/h12-15H,5-11H2,1-4H3. The molecule has 0 radical (unpaired) electrons. The van der Waals surface area contributed by atoms with E-state index in [0.717, 1.165) is 39.3 Å². The average Bonchev–Trinajstić information content (AvgIpc) is 2.36. The van der Waals surface area contributed by atoms with Crippen LogP contribution < -0.4 is 5.32 Å². The van der Waals surface area contributed by atoms with Crippen LogP contribution in [0.2, 0.25) is 0 Å². The van der Waals surface area contributed by atoms with Gasteiger partial charge >= 0.3 is 0 Å². The number of ether oxygens (including phenoxy) is 2. The fourth-order valence-corrected chi connectivity index (χ4v) is 2.32. The maximum atomic E-state index is 5.62.